The fourth-order valence-corrected chi connectivity index (χ4v) is 4.93. The highest BCUT2D eigenvalue weighted by Gasteiger charge is 2.44. The van der Waals surface area contributed by atoms with E-state index in [0.29, 0.717) is 17.7 Å². The molecule has 1 heterocycles. The maximum absolute atomic E-state index is 13.2. The number of aliphatic imine (C=N–C) groups is 1. The van der Waals surface area contributed by atoms with E-state index < -0.39 is 0 Å². The van der Waals surface area contributed by atoms with E-state index in [0.717, 1.165) is 56.2 Å². The van der Waals surface area contributed by atoms with Gasteiger partial charge in [-0.05, 0) is 63.0 Å². The van der Waals surface area contributed by atoms with Crippen LogP contribution in [0.15, 0.2) is 40.5 Å². The minimum absolute atomic E-state index is 0.00310. The summed E-state index contributed by atoms with van der Waals surface area (Å²) >= 11 is 0. The molecule has 4 heteroatoms. The minimum Gasteiger partial charge on any atom is -0.459 e. The minimum atomic E-state index is -0.323. The van der Waals surface area contributed by atoms with Crippen molar-refractivity contribution in [1.82, 2.24) is 0 Å². The number of benzene rings is 1. The van der Waals surface area contributed by atoms with E-state index in [-0.39, 0.29) is 29.7 Å². The van der Waals surface area contributed by atoms with Gasteiger partial charge in [-0.25, -0.2) is 4.79 Å². The van der Waals surface area contributed by atoms with E-state index >= 15 is 0 Å². The second-order valence-corrected chi connectivity index (χ2v) is 8.28. The van der Waals surface area contributed by atoms with Gasteiger partial charge in [0.2, 0.25) is 0 Å². The summed E-state index contributed by atoms with van der Waals surface area (Å²) in [5.41, 5.74) is 4.51. The number of allylic oxidation sites excluding steroid dienone is 1. The average molecular weight is 380 g/mol. The molecule has 1 unspecified atom stereocenters. The highest BCUT2D eigenvalue weighted by Crippen LogP contribution is 2.43. The maximum Gasteiger partial charge on any atom is 0.336 e. The Kier molecular flexibility index (Phi) is 5.47. The van der Waals surface area contributed by atoms with Gasteiger partial charge < -0.3 is 4.74 Å². The number of ether oxygens (including phenoxy) is 1. The van der Waals surface area contributed by atoms with Gasteiger partial charge in [0, 0.05) is 23.7 Å². The molecule has 4 rings (SSSR count). The van der Waals surface area contributed by atoms with E-state index in [4.69, 9.17) is 9.73 Å². The first-order valence-electron chi connectivity index (χ1n) is 10.7. The van der Waals surface area contributed by atoms with Crippen LogP contribution in [-0.4, -0.2) is 23.6 Å². The quantitative estimate of drug-likeness (QED) is 0.698. The second kappa shape index (κ2) is 8.02. The summed E-state index contributed by atoms with van der Waals surface area (Å²) in [6.45, 7) is 4.01. The summed E-state index contributed by atoms with van der Waals surface area (Å²) < 4.78 is 5.86. The first-order valence-corrected chi connectivity index (χ1v) is 10.7. The molecule has 2 saturated carbocycles. The summed E-state index contributed by atoms with van der Waals surface area (Å²) in [6, 6.07) is 8.35. The first-order chi connectivity index (χ1) is 13.6. The Morgan fingerprint density at radius 1 is 1.07 bits per heavy atom. The van der Waals surface area contributed by atoms with Gasteiger partial charge in [-0.1, -0.05) is 31.2 Å². The van der Waals surface area contributed by atoms with Crippen LogP contribution in [0.5, 0.6) is 0 Å². The number of hydrogen-bond donors (Lipinski definition) is 0. The van der Waals surface area contributed by atoms with E-state index in [1.54, 1.807) is 0 Å². The molecule has 2 atom stereocenters. The standard InChI is InChI=1S/C24H29NO3/c1-3-16-11-13-17(14-12-16)22-21(24(27)28-18-7-4-5-8-18)15(2)25-19-9-6-10-20(26)23(19)22/h11-14,18,22-23H,3-10H2,1-2H3/t22-,23?/m0/s1. The molecule has 148 valence electrons. The zero-order chi connectivity index (χ0) is 19.7. The maximum atomic E-state index is 13.2. The molecule has 0 N–H and O–H groups in total. The van der Waals surface area contributed by atoms with Crippen LogP contribution in [0.25, 0.3) is 0 Å². The molecule has 1 aliphatic heterocycles. The Bertz CT molecular complexity index is 828. The number of ketones is 1. The zero-order valence-electron chi connectivity index (χ0n) is 16.9. The highest BCUT2D eigenvalue weighted by molar-refractivity contribution is 6.11. The van der Waals surface area contributed by atoms with Crippen molar-refractivity contribution in [3.05, 3.63) is 46.7 Å². The lowest BCUT2D eigenvalue weighted by molar-refractivity contribution is -0.144. The van der Waals surface area contributed by atoms with E-state index in [1.807, 2.05) is 6.92 Å². The van der Waals surface area contributed by atoms with Crippen LogP contribution < -0.4 is 0 Å². The predicted octanol–water partition coefficient (Wildman–Crippen LogP) is 4.92. The van der Waals surface area contributed by atoms with Crippen LogP contribution in [0.2, 0.25) is 0 Å². The van der Waals surface area contributed by atoms with E-state index in [2.05, 4.69) is 31.2 Å². The van der Waals surface area contributed by atoms with Gasteiger partial charge >= 0.3 is 5.97 Å². The van der Waals surface area contributed by atoms with Gasteiger partial charge in [-0.3, -0.25) is 9.79 Å². The fourth-order valence-electron chi connectivity index (χ4n) is 4.93. The lowest BCUT2D eigenvalue weighted by Crippen LogP contribution is -2.39. The molecule has 0 bridgehead atoms. The first kappa shape index (κ1) is 19.1. The van der Waals surface area contributed by atoms with Crippen molar-refractivity contribution in [2.45, 2.75) is 77.2 Å². The van der Waals surface area contributed by atoms with Crippen LogP contribution in [0.4, 0.5) is 0 Å². The number of Topliss-reactive ketones (excluding diaryl/α,β-unsaturated/α-hetero) is 1. The molecular weight excluding hydrogens is 350 g/mol. The zero-order valence-corrected chi connectivity index (χ0v) is 16.9. The summed E-state index contributed by atoms with van der Waals surface area (Å²) in [4.78, 5) is 30.8. The van der Waals surface area contributed by atoms with Gasteiger partial charge in [0.15, 0.2) is 0 Å². The van der Waals surface area contributed by atoms with Crippen LogP contribution in [-0.2, 0) is 20.7 Å². The molecule has 2 fully saturated rings. The van der Waals surface area contributed by atoms with Crippen LogP contribution >= 0.6 is 0 Å². The smallest absolute Gasteiger partial charge is 0.336 e. The third-order valence-electron chi connectivity index (χ3n) is 6.45. The number of rotatable bonds is 4. The van der Waals surface area contributed by atoms with Crippen LogP contribution in [0.1, 0.15) is 75.8 Å². The number of esters is 1. The molecule has 0 radical (unpaired) electrons. The third kappa shape index (κ3) is 3.57. The van der Waals surface area contributed by atoms with Gasteiger partial charge in [0.25, 0.3) is 0 Å². The molecule has 0 aromatic heterocycles. The van der Waals surface area contributed by atoms with Crippen molar-refractivity contribution in [3.8, 4) is 0 Å². The molecule has 0 spiro atoms. The van der Waals surface area contributed by atoms with Crippen molar-refractivity contribution in [2.75, 3.05) is 0 Å². The number of carbonyl (C=O) groups is 2. The molecule has 1 aromatic carbocycles. The second-order valence-electron chi connectivity index (χ2n) is 8.28. The predicted molar refractivity (Wildman–Crippen MR) is 109 cm³/mol. The number of carbonyl (C=O) groups excluding carboxylic acids is 2. The van der Waals surface area contributed by atoms with E-state index in [9.17, 15) is 9.59 Å². The number of hydrogen-bond acceptors (Lipinski definition) is 4. The molecule has 1 aromatic rings. The Balaban J connectivity index is 1.74. The Morgan fingerprint density at radius 3 is 2.46 bits per heavy atom. The van der Waals surface area contributed by atoms with Crippen molar-refractivity contribution < 1.29 is 14.3 Å². The number of aryl methyl sites for hydroxylation is 1. The molecule has 2 aliphatic carbocycles. The summed E-state index contributed by atoms with van der Waals surface area (Å²) in [7, 11) is 0. The van der Waals surface area contributed by atoms with Gasteiger partial charge in [0.1, 0.15) is 11.9 Å². The van der Waals surface area contributed by atoms with Gasteiger partial charge in [0.05, 0.1) is 11.5 Å². The lowest BCUT2D eigenvalue weighted by Gasteiger charge is -2.36. The Morgan fingerprint density at radius 2 is 1.79 bits per heavy atom. The third-order valence-corrected chi connectivity index (χ3v) is 6.45. The van der Waals surface area contributed by atoms with Gasteiger partial charge in [-0.15, -0.1) is 0 Å². The topological polar surface area (TPSA) is 55.7 Å². The molecule has 28 heavy (non-hydrogen) atoms. The molecule has 0 amide bonds. The lowest BCUT2D eigenvalue weighted by atomic mass is 9.69. The SMILES string of the molecule is CCc1ccc([C@H]2C(C(=O)OC3CCCC3)=C(C)N=C3CCCC(=O)C32)cc1. The van der Waals surface area contributed by atoms with Crippen LogP contribution in [0, 0.1) is 5.92 Å². The Labute approximate surface area is 167 Å². The van der Waals surface area contributed by atoms with Crippen molar-refractivity contribution in [3.63, 3.8) is 0 Å². The monoisotopic (exact) mass is 379 g/mol. The van der Waals surface area contributed by atoms with E-state index in [1.165, 1.54) is 5.56 Å². The van der Waals surface area contributed by atoms with Gasteiger partial charge in [-0.2, -0.15) is 0 Å². The summed E-state index contributed by atoms with van der Waals surface area (Å²) in [5.74, 6) is -0.681. The summed E-state index contributed by atoms with van der Waals surface area (Å²) in [5, 5.41) is 0. The van der Waals surface area contributed by atoms with Crippen molar-refractivity contribution in [1.29, 1.82) is 0 Å². The molecule has 0 saturated heterocycles. The average Bonchev–Trinajstić information content (AvgIpc) is 3.20. The number of nitrogens with zero attached hydrogens (tertiary/aromatic N) is 1. The molecular formula is C24H29NO3. The van der Waals surface area contributed by atoms with Crippen LogP contribution in [0.3, 0.4) is 0 Å². The fraction of sp³-hybridized carbons (Fsp3) is 0.542. The summed E-state index contributed by atoms with van der Waals surface area (Å²) in [6.07, 6.45) is 7.32. The molecule has 3 aliphatic rings. The van der Waals surface area contributed by atoms with Crippen molar-refractivity contribution in [2.24, 2.45) is 10.9 Å². The Hall–Kier alpha value is -2.23. The number of fused-ring (bicyclic) bond motifs is 1. The van der Waals surface area contributed by atoms with Crippen molar-refractivity contribution >= 4 is 17.5 Å². The largest absolute Gasteiger partial charge is 0.459 e. The molecule has 4 nitrogen and oxygen atoms in total. The normalized spacial score (nSPS) is 25.5. The highest BCUT2D eigenvalue weighted by atomic mass is 16.5.